The highest BCUT2D eigenvalue weighted by Crippen LogP contribution is 2.29. The van der Waals surface area contributed by atoms with Gasteiger partial charge in [-0.3, -0.25) is 0 Å². The standard InChI is InChI=1S/C13H10N4.C8H17N.C5H11N.C2H4/c1-8-7-15-13(16-8)12-9-4-2-3-5-10(9)17-11(12)6-14;1-2-6-9-7-4-3-5-8-9;1-3-5(2)4-6;1-2/h2-5,7,17H,1H3,(H,15,16);2-8H2,1H3;4-6H,3H2,1-2H3;1-2H2. The third-order valence-corrected chi connectivity index (χ3v) is 5.67. The Kier molecular flexibility index (Phi) is 14.0. The summed E-state index contributed by atoms with van der Waals surface area (Å²) in [6, 6.07) is 10.0. The predicted octanol–water partition coefficient (Wildman–Crippen LogP) is 7.10. The van der Waals surface area contributed by atoms with Gasteiger partial charge in [-0.15, -0.1) is 13.2 Å². The lowest BCUT2D eigenvalue weighted by Crippen LogP contribution is -2.30. The van der Waals surface area contributed by atoms with Crippen LogP contribution in [0.3, 0.4) is 0 Å². The quantitative estimate of drug-likeness (QED) is 0.278. The molecular weight excluding hydrogens is 420 g/mol. The van der Waals surface area contributed by atoms with Crippen LogP contribution in [0.5, 0.6) is 0 Å². The molecule has 1 aliphatic heterocycles. The van der Waals surface area contributed by atoms with E-state index in [0.29, 0.717) is 11.6 Å². The van der Waals surface area contributed by atoms with Crippen molar-refractivity contribution in [1.29, 1.82) is 10.7 Å². The highest BCUT2D eigenvalue weighted by molar-refractivity contribution is 5.96. The minimum absolute atomic E-state index is 0.477. The maximum Gasteiger partial charge on any atom is 0.141 e. The van der Waals surface area contributed by atoms with E-state index in [-0.39, 0.29) is 0 Å². The Labute approximate surface area is 205 Å². The number of imidazole rings is 1. The van der Waals surface area contributed by atoms with Gasteiger partial charge in [0, 0.05) is 22.8 Å². The number of benzene rings is 1. The Hall–Kier alpha value is -3.17. The lowest BCUT2D eigenvalue weighted by atomic mass is 10.1. The normalized spacial score (nSPS) is 13.7. The maximum atomic E-state index is 9.16. The van der Waals surface area contributed by atoms with E-state index < -0.39 is 0 Å². The number of aryl methyl sites for hydroxylation is 1. The van der Waals surface area contributed by atoms with E-state index in [9.17, 15) is 0 Å². The predicted molar refractivity (Wildman–Crippen MR) is 145 cm³/mol. The SMILES string of the molecule is C=C.CCC(C)C=N.CCCN1CCCCC1.Cc1cnc(-c2c(C#N)[nH]c3ccccc23)[nH]1. The zero-order valence-electron chi connectivity index (χ0n) is 21.5. The van der Waals surface area contributed by atoms with Gasteiger partial charge in [0.2, 0.25) is 0 Å². The fourth-order valence-electron chi connectivity index (χ4n) is 3.63. The van der Waals surface area contributed by atoms with E-state index >= 15 is 0 Å². The van der Waals surface area contributed by atoms with Gasteiger partial charge in [0.15, 0.2) is 0 Å². The Morgan fingerprint density at radius 3 is 2.35 bits per heavy atom. The Morgan fingerprint density at radius 1 is 1.18 bits per heavy atom. The van der Waals surface area contributed by atoms with Crippen LogP contribution in [0.2, 0.25) is 0 Å². The molecule has 1 aliphatic rings. The second kappa shape index (κ2) is 16.4. The minimum Gasteiger partial charge on any atom is -0.346 e. The lowest BCUT2D eigenvalue weighted by Gasteiger charge is -2.25. The molecule has 6 nitrogen and oxygen atoms in total. The summed E-state index contributed by atoms with van der Waals surface area (Å²) in [5.74, 6) is 1.21. The highest BCUT2D eigenvalue weighted by Gasteiger charge is 2.15. The molecule has 4 rings (SSSR count). The van der Waals surface area contributed by atoms with Gasteiger partial charge >= 0.3 is 0 Å². The molecule has 0 radical (unpaired) electrons. The number of para-hydroxylation sites is 1. The topological polar surface area (TPSA) is 95.3 Å². The molecule has 184 valence electrons. The van der Waals surface area contributed by atoms with Gasteiger partial charge in [-0.25, -0.2) is 4.98 Å². The number of H-pyrrole nitrogens is 2. The summed E-state index contributed by atoms with van der Waals surface area (Å²) in [5.41, 5.74) is 3.32. The number of piperidine rings is 1. The van der Waals surface area contributed by atoms with Crippen LogP contribution in [0.15, 0.2) is 43.6 Å². The summed E-state index contributed by atoms with van der Waals surface area (Å²) in [5, 5.41) is 16.9. The molecule has 6 heteroatoms. The molecule has 1 atom stereocenters. The largest absolute Gasteiger partial charge is 0.346 e. The maximum absolute atomic E-state index is 9.16. The summed E-state index contributed by atoms with van der Waals surface area (Å²) >= 11 is 0. The first-order chi connectivity index (χ1) is 16.5. The van der Waals surface area contributed by atoms with Crippen LogP contribution < -0.4 is 0 Å². The molecule has 1 aromatic carbocycles. The average Bonchev–Trinajstić information content (AvgIpc) is 3.49. The van der Waals surface area contributed by atoms with Crippen LogP contribution in [0.4, 0.5) is 0 Å². The lowest BCUT2D eigenvalue weighted by molar-refractivity contribution is 0.229. The molecule has 0 aliphatic carbocycles. The van der Waals surface area contributed by atoms with Gasteiger partial charge in [-0.05, 0) is 70.4 Å². The fourth-order valence-corrected chi connectivity index (χ4v) is 3.63. The zero-order valence-corrected chi connectivity index (χ0v) is 21.5. The van der Waals surface area contributed by atoms with Crippen molar-refractivity contribution in [3.63, 3.8) is 0 Å². The number of aromatic nitrogens is 3. The number of aromatic amines is 2. The third kappa shape index (κ3) is 8.99. The number of hydrogen-bond acceptors (Lipinski definition) is 4. The fraction of sp³-hybridized carbons (Fsp3) is 0.464. The highest BCUT2D eigenvalue weighted by atomic mass is 15.1. The van der Waals surface area contributed by atoms with E-state index in [1.807, 2.05) is 38.1 Å². The first kappa shape index (κ1) is 28.9. The minimum atomic E-state index is 0.477. The van der Waals surface area contributed by atoms with Crippen molar-refractivity contribution in [2.45, 2.75) is 59.8 Å². The third-order valence-electron chi connectivity index (χ3n) is 5.67. The van der Waals surface area contributed by atoms with Crippen LogP contribution in [-0.2, 0) is 0 Å². The number of nitrogens with zero attached hydrogens (tertiary/aromatic N) is 3. The number of fused-ring (bicyclic) bond motifs is 1. The van der Waals surface area contributed by atoms with Gasteiger partial charge in [0.1, 0.15) is 17.6 Å². The van der Waals surface area contributed by atoms with E-state index in [1.54, 1.807) is 6.20 Å². The van der Waals surface area contributed by atoms with Gasteiger partial charge in [-0.1, -0.05) is 45.4 Å². The monoisotopic (exact) mass is 462 g/mol. The number of hydrogen-bond donors (Lipinski definition) is 3. The second-order valence-electron chi connectivity index (χ2n) is 8.40. The molecule has 3 heterocycles. The molecule has 1 saturated heterocycles. The molecular formula is C28H42N6. The molecule has 3 aromatic rings. The van der Waals surface area contributed by atoms with Gasteiger partial charge in [0.25, 0.3) is 0 Å². The molecule has 3 N–H and O–H groups in total. The smallest absolute Gasteiger partial charge is 0.141 e. The van der Waals surface area contributed by atoms with Crippen molar-refractivity contribution in [3.8, 4) is 17.5 Å². The summed E-state index contributed by atoms with van der Waals surface area (Å²) in [4.78, 5) is 13.1. The summed E-state index contributed by atoms with van der Waals surface area (Å²) in [6.45, 7) is 18.3. The first-order valence-corrected chi connectivity index (χ1v) is 12.3. The van der Waals surface area contributed by atoms with Crippen molar-refractivity contribution in [2.24, 2.45) is 5.92 Å². The van der Waals surface area contributed by atoms with E-state index in [1.165, 1.54) is 51.5 Å². The van der Waals surface area contributed by atoms with E-state index in [2.05, 4.69) is 52.9 Å². The van der Waals surface area contributed by atoms with Crippen molar-refractivity contribution in [1.82, 2.24) is 19.9 Å². The molecule has 0 saturated carbocycles. The van der Waals surface area contributed by atoms with Crippen LogP contribution >= 0.6 is 0 Å². The summed E-state index contributed by atoms with van der Waals surface area (Å²) < 4.78 is 0. The molecule has 1 unspecified atom stereocenters. The molecule has 2 aromatic heterocycles. The van der Waals surface area contributed by atoms with Crippen LogP contribution in [0.1, 0.15) is 64.3 Å². The number of rotatable bonds is 5. The Morgan fingerprint density at radius 2 is 1.85 bits per heavy atom. The van der Waals surface area contributed by atoms with Crippen LogP contribution in [0, 0.1) is 29.6 Å². The number of nitrogens with one attached hydrogen (secondary N) is 3. The number of likely N-dealkylation sites (tertiary alicyclic amines) is 1. The van der Waals surface area contributed by atoms with Gasteiger partial charge in [-0.2, -0.15) is 5.26 Å². The molecule has 0 bridgehead atoms. The number of nitriles is 1. The zero-order chi connectivity index (χ0) is 25.3. The Bertz CT molecular complexity index is 1000. The summed E-state index contributed by atoms with van der Waals surface area (Å²) in [6.07, 6.45) is 9.96. The van der Waals surface area contributed by atoms with E-state index in [0.717, 1.165) is 34.4 Å². The van der Waals surface area contributed by atoms with E-state index in [4.69, 9.17) is 10.7 Å². The van der Waals surface area contributed by atoms with Gasteiger partial charge < -0.3 is 20.3 Å². The second-order valence-corrected chi connectivity index (χ2v) is 8.40. The molecule has 1 fully saturated rings. The van der Waals surface area contributed by atoms with Crippen LogP contribution in [0.25, 0.3) is 22.3 Å². The molecule has 0 amide bonds. The average molecular weight is 463 g/mol. The van der Waals surface area contributed by atoms with Crippen molar-refractivity contribution < 1.29 is 0 Å². The van der Waals surface area contributed by atoms with Crippen molar-refractivity contribution in [2.75, 3.05) is 19.6 Å². The van der Waals surface area contributed by atoms with Crippen molar-refractivity contribution >= 4 is 17.1 Å². The summed E-state index contributed by atoms with van der Waals surface area (Å²) in [7, 11) is 0. The molecule has 0 spiro atoms. The Balaban J connectivity index is 0.000000287. The molecule has 34 heavy (non-hydrogen) atoms. The van der Waals surface area contributed by atoms with Crippen molar-refractivity contribution in [3.05, 3.63) is 55.0 Å². The first-order valence-electron chi connectivity index (χ1n) is 12.3. The van der Waals surface area contributed by atoms with Crippen LogP contribution in [-0.4, -0.2) is 45.7 Å². The van der Waals surface area contributed by atoms with Gasteiger partial charge in [0.05, 0.1) is 5.56 Å².